The minimum Gasteiger partial charge on any atom is -0.496 e. The number of pyridine rings is 1. The van der Waals surface area contributed by atoms with Crippen molar-refractivity contribution in [1.82, 2.24) is 14.8 Å². The van der Waals surface area contributed by atoms with E-state index in [2.05, 4.69) is 18.9 Å². The fourth-order valence-corrected chi connectivity index (χ4v) is 2.65. The van der Waals surface area contributed by atoms with Crippen molar-refractivity contribution in [2.45, 2.75) is 26.7 Å². The number of rotatable bonds is 4. The first kappa shape index (κ1) is 15.3. The van der Waals surface area contributed by atoms with Crippen molar-refractivity contribution < 1.29 is 9.47 Å². The Balaban J connectivity index is 2.23. The summed E-state index contributed by atoms with van der Waals surface area (Å²) >= 11 is 0. The number of methoxy groups -OCH3 is 2. The summed E-state index contributed by atoms with van der Waals surface area (Å²) < 4.78 is 12.7. The lowest BCUT2D eigenvalue weighted by molar-refractivity contribution is 0.411. The molecule has 0 aliphatic rings. The summed E-state index contributed by atoms with van der Waals surface area (Å²) in [6.07, 6.45) is 1.93. The highest BCUT2D eigenvalue weighted by Gasteiger charge is 2.13. The lowest BCUT2D eigenvalue weighted by atomic mass is 10.1. The zero-order valence-corrected chi connectivity index (χ0v) is 14.1. The second kappa shape index (κ2) is 5.91. The molecule has 0 aliphatic carbocycles. The zero-order valence-electron chi connectivity index (χ0n) is 14.1. The van der Waals surface area contributed by atoms with Gasteiger partial charge in [0.05, 0.1) is 25.4 Å². The fraction of sp³-hybridized carbons (Fsp3) is 0.333. The standard InChI is InChI=1S/C18H21N3O2/c1-11(2)14-8-9-21(20-14)17-10-16(23-5)13-6-7-15(22-4)12(3)18(13)19-17/h6-11H,1-5H3. The number of aromatic nitrogens is 3. The molecule has 2 aromatic heterocycles. The summed E-state index contributed by atoms with van der Waals surface area (Å²) in [5.41, 5.74) is 2.88. The van der Waals surface area contributed by atoms with Gasteiger partial charge >= 0.3 is 0 Å². The average Bonchev–Trinajstić information content (AvgIpc) is 3.05. The van der Waals surface area contributed by atoms with E-state index >= 15 is 0 Å². The monoisotopic (exact) mass is 311 g/mol. The van der Waals surface area contributed by atoms with Crippen molar-refractivity contribution in [2.75, 3.05) is 14.2 Å². The van der Waals surface area contributed by atoms with Crippen LogP contribution in [0.3, 0.4) is 0 Å². The minimum absolute atomic E-state index is 0.375. The summed E-state index contributed by atoms with van der Waals surface area (Å²) in [5, 5.41) is 5.57. The van der Waals surface area contributed by atoms with Crippen molar-refractivity contribution in [3.63, 3.8) is 0 Å². The van der Waals surface area contributed by atoms with Crippen molar-refractivity contribution in [3.8, 4) is 17.3 Å². The average molecular weight is 311 g/mol. The summed E-state index contributed by atoms with van der Waals surface area (Å²) in [6.45, 7) is 6.24. The third-order valence-corrected chi connectivity index (χ3v) is 4.01. The molecule has 5 heteroatoms. The highest BCUT2D eigenvalue weighted by molar-refractivity contribution is 5.90. The normalized spacial score (nSPS) is 11.2. The second-order valence-electron chi connectivity index (χ2n) is 5.81. The van der Waals surface area contributed by atoms with Crippen LogP contribution in [0.1, 0.15) is 31.0 Å². The molecule has 0 saturated carbocycles. The fourth-order valence-electron chi connectivity index (χ4n) is 2.65. The summed E-state index contributed by atoms with van der Waals surface area (Å²) in [7, 11) is 3.33. The van der Waals surface area contributed by atoms with Gasteiger partial charge in [-0.05, 0) is 31.0 Å². The Labute approximate surface area is 135 Å². The first-order chi connectivity index (χ1) is 11.0. The maximum absolute atomic E-state index is 5.55. The van der Waals surface area contributed by atoms with Crippen LogP contribution in [0, 0.1) is 6.92 Å². The molecule has 0 fully saturated rings. The van der Waals surface area contributed by atoms with E-state index in [0.29, 0.717) is 5.92 Å². The highest BCUT2D eigenvalue weighted by Crippen LogP contribution is 2.33. The lowest BCUT2D eigenvalue weighted by Crippen LogP contribution is -2.02. The first-order valence-electron chi connectivity index (χ1n) is 7.63. The van der Waals surface area contributed by atoms with E-state index in [4.69, 9.17) is 14.5 Å². The Kier molecular flexibility index (Phi) is 3.94. The van der Waals surface area contributed by atoms with Gasteiger partial charge in [0, 0.05) is 23.2 Å². The Bertz CT molecular complexity index is 853. The summed E-state index contributed by atoms with van der Waals surface area (Å²) in [4.78, 5) is 4.78. The number of hydrogen-bond donors (Lipinski definition) is 0. The van der Waals surface area contributed by atoms with Crippen LogP contribution in [-0.4, -0.2) is 29.0 Å². The van der Waals surface area contributed by atoms with Gasteiger partial charge in [-0.2, -0.15) is 5.10 Å². The number of benzene rings is 1. The van der Waals surface area contributed by atoms with Gasteiger partial charge in [0.15, 0.2) is 5.82 Å². The van der Waals surface area contributed by atoms with Crippen LogP contribution >= 0.6 is 0 Å². The Morgan fingerprint density at radius 3 is 2.39 bits per heavy atom. The number of nitrogens with zero attached hydrogens (tertiary/aromatic N) is 3. The second-order valence-corrected chi connectivity index (χ2v) is 5.81. The molecule has 0 bridgehead atoms. The van der Waals surface area contributed by atoms with Crippen LogP contribution in [-0.2, 0) is 0 Å². The predicted octanol–water partition coefficient (Wildman–Crippen LogP) is 3.87. The van der Waals surface area contributed by atoms with Gasteiger partial charge < -0.3 is 9.47 Å². The third kappa shape index (κ3) is 2.63. The van der Waals surface area contributed by atoms with Gasteiger partial charge in [-0.3, -0.25) is 0 Å². The van der Waals surface area contributed by atoms with E-state index < -0.39 is 0 Å². The van der Waals surface area contributed by atoms with E-state index in [1.165, 1.54) is 0 Å². The van der Waals surface area contributed by atoms with Crippen LogP contribution < -0.4 is 9.47 Å². The van der Waals surface area contributed by atoms with Gasteiger partial charge in [-0.25, -0.2) is 9.67 Å². The molecule has 5 nitrogen and oxygen atoms in total. The molecular formula is C18H21N3O2. The zero-order chi connectivity index (χ0) is 16.6. The van der Waals surface area contributed by atoms with Crippen molar-refractivity contribution in [3.05, 3.63) is 41.7 Å². The molecule has 0 spiro atoms. The molecule has 2 heterocycles. The number of fused-ring (bicyclic) bond motifs is 1. The molecule has 0 saturated heterocycles. The first-order valence-corrected chi connectivity index (χ1v) is 7.63. The smallest absolute Gasteiger partial charge is 0.157 e. The largest absolute Gasteiger partial charge is 0.496 e. The molecule has 0 amide bonds. The van der Waals surface area contributed by atoms with Crippen LogP contribution in [0.5, 0.6) is 11.5 Å². The molecule has 120 valence electrons. The summed E-state index contributed by atoms with van der Waals surface area (Å²) in [6, 6.07) is 7.83. The van der Waals surface area contributed by atoms with Crippen LogP contribution in [0.25, 0.3) is 16.7 Å². The van der Waals surface area contributed by atoms with Gasteiger partial charge in [-0.1, -0.05) is 13.8 Å². The highest BCUT2D eigenvalue weighted by atomic mass is 16.5. The van der Waals surface area contributed by atoms with Gasteiger partial charge in [-0.15, -0.1) is 0 Å². The molecule has 0 aliphatic heterocycles. The van der Waals surface area contributed by atoms with Crippen molar-refractivity contribution in [2.24, 2.45) is 0 Å². The topological polar surface area (TPSA) is 49.2 Å². The predicted molar refractivity (Wildman–Crippen MR) is 90.8 cm³/mol. The molecule has 3 rings (SSSR count). The molecule has 23 heavy (non-hydrogen) atoms. The van der Waals surface area contributed by atoms with Crippen molar-refractivity contribution in [1.29, 1.82) is 0 Å². The summed E-state index contributed by atoms with van der Waals surface area (Å²) in [5.74, 6) is 2.70. The maximum atomic E-state index is 5.55. The van der Waals surface area contributed by atoms with Gasteiger partial charge in [0.1, 0.15) is 11.5 Å². The van der Waals surface area contributed by atoms with Crippen LogP contribution in [0.2, 0.25) is 0 Å². The molecule has 0 radical (unpaired) electrons. The molecule has 0 atom stereocenters. The maximum Gasteiger partial charge on any atom is 0.157 e. The van der Waals surface area contributed by atoms with E-state index in [-0.39, 0.29) is 0 Å². The third-order valence-electron chi connectivity index (χ3n) is 4.01. The molecule has 3 aromatic rings. The molecule has 1 aromatic carbocycles. The van der Waals surface area contributed by atoms with Crippen LogP contribution in [0.4, 0.5) is 0 Å². The molecular weight excluding hydrogens is 290 g/mol. The van der Waals surface area contributed by atoms with E-state index in [1.54, 1.807) is 18.9 Å². The molecule has 0 N–H and O–H groups in total. The van der Waals surface area contributed by atoms with E-state index in [9.17, 15) is 0 Å². The number of ether oxygens (including phenoxy) is 2. The molecule has 0 unspecified atom stereocenters. The van der Waals surface area contributed by atoms with Gasteiger partial charge in [0.25, 0.3) is 0 Å². The Hall–Kier alpha value is -2.56. The Morgan fingerprint density at radius 2 is 1.78 bits per heavy atom. The Morgan fingerprint density at radius 1 is 1.04 bits per heavy atom. The lowest BCUT2D eigenvalue weighted by Gasteiger charge is -2.12. The van der Waals surface area contributed by atoms with E-state index in [0.717, 1.165) is 39.5 Å². The SMILES string of the molecule is COc1ccc2c(OC)cc(-n3ccc(C(C)C)n3)nc2c1C. The van der Waals surface area contributed by atoms with Crippen molar-refractivity contribution >= 4 is 10.9 Å². The number of aryl methyl sites for hydroxylation is 1. The van der Waals surface area contributed by atoms with Crippen LogP contribution in [0.15, 0.2) is 30.5 Å². The quantitative estimate of drug-likeness (QED) is 0.734. The number of hydrogen-bond acceptors (Lipinski definition) is 4. The van der Waals surface area contributed by atoms with Gasteiger partial charge in [0.2, 0.25) is 0 Å². The minimum atomic E-state index is 0.375. The van der Waals surface area contributed by atoms with E-state index in [1.807, 2.05) is 37.4 Å².